The van der Waals surface area contributed by atoms with Gasteiger partial charge in [-0.25, -0.2) is 0 Å². The minimum Gasteiger partial charge on any atom is -0.497 e. The van der Waals surface area contributed by atoms with Crippen LogP contribution in [0.25, 0.3) is 10.9 Å². The lowest BCUT2D eigenvalue weighted by atomic mass is 10.2. The lowest BCUT2D eigenvalue weighted by Crippen LogP contribution is -2.12. The maximum absolute atomic E-state index is 12.1. The van der Waals surface area contributed by atoms with E-state index in [2.05, 4.69) is 37.4 Å². The number of aromatic amines is 1. The summed E-state index contributed by atoms with van der Waals surface area (Å²) in [4.78, 5) is 12.1. The van der Waals surface area contributed by atoms with E-state index < -0.39 is 0 Å². The zero-order valence-electron chi connectivity index (χ0n) is 14.1. The van der Waals surface area contributed by atoms with Gasteiger partial charge in [0.1, 0.15) is 5.75 Å². The zero-order chi connectivity index (χ0) is 17.9. The fraction of sp³-hybridized carbons (Fsp3) is 0.105. The molecule has 2 N–H and O–H groups in total. The summed E-state index contributed by atoms with van der Waals surface area (Å²) in [5.41, 5.74) is 3.12. The first-order valence-electron chi connectivity index (χ1n) is 8.12. The van der Waals surface area contributed by atoms with Gasteiger partial charge in [0.15, 0.2) is 5.69 Å². The molecule has 0 saturated carbocycles. The number of benzene rings is 2. The van der Waals surface area contributed by atoms with E-state index in [1.54, 1.807) is 7.11 Å². The summed E-state index contributed by atoms with van der Waals surface area (Å²) in [7, 11) is 1.66. The van der Waals surface area contributed by atoms with Gasteiger partial charge in [-0.05, 0) is 41.3 Å². The second-order valence-corrected chi connectivity index (χ2v) is 5.88. The molecule has 0 spiro atoms. The Morgan fingerprint density at radius 3 is 2.96 bits per heavy atom. The highest BCUT2D eigenvalue weighted by atomic mass is 16.5. The largest absolute Gasteiger partial charge is 0.497 e. The van der Waals surface area contributed by atoms with Gasteiger partial charge in [0.25, 0.3) is 5.91 Å². The Balaban J connectivity index is 1.61. The Labute approximate surface area is 149 Å². The van der Waals surface area contributed by atoms with E-state index >= 15 is 0 Å². The van der Waals surface area contributed by atoms with Crippen molar-refractivity contribution >= 4 is 22.5 Å². The quantitative estimate of drug-likeness (QED) is 0.581. The van der Waals surface area contributed by atoms with E-state index in [0.717, 1.165) is 22.2 Å². The summed E-state index contributed by atoms with van der Waals surface area (Å²) in [6.07, 6.45) is 3.42. The predicted molar refractivity (Wildman–Crippen MR) is 98.4 cm³/mol. The van der Waals surface area contributed by atoms with Crippen LogP contribution < -0.4 is 10.1 Å². The average molecular weight is 347 g/mol. The normalized spacial score (nSPS) is 10.8. The van der Waals surface area contributed by atoms with E-state index in [1.165, 1.54) is 6.20 Å². The van der Waals surface area contributed by atoms with Gasteiger partial charge in [0.2, 0.25) is 0 Å². The summed E-state index contributed by atoms with van der Waals surface area (Å²) < 4.78 is 7.42. The molecule has 0 fully saturated rings. The summed E-state index contributed by atoms with van der Waals surface area (Å²) in [5.74, 6) is 0.531. The van der Waals surface area contributed by atoms with Crippen molar-refractivity contribution in [2.75, 3.05) is 12.4 Å². The molecule has 2 aromatic carbocycles. The molecule has 26 heavy (non-hydrogen) atoms. The van der Waals surface area contributed by atoms with Crippen LogP contribution in [0, 0.1) is 0 Å². The highest BCUT2D eigenvalue weighted by Crippen LogP contribution is 2.23. The number of hydrogen-bond donors (Lipinski definition) is 2. The first kappa shape index (κ1) is 15.9. The van der Waals surface area contributed by atoms with Crippen molar-refractivity contribution in [1.29, 1.82) is 0 Å². The molecule has 7 nitrogen and oxygen atoms in total. The molecule has 4 rings (SSSR count). The van der Waals surface area contributed by atoms with E-state index in [9.17, 15) is 4.79 Å². The Kier molecular flexibility index (Phi) is 4.10. The smallest absolute Gasteiger partial charge is 0.277 e. The summed E-state index contributed by atoms with van der Waals surface area (Å²) >= 11 is 0. The van der Waals surface area contributed by atoms with E-state index in [4.69, 9.17) is 4.74 Å². The Hall–Kier alpha value is -3.61. The van der Waals surface area contributed by atoms with Crippen LogP contribution in [-0.4, -0.2) is 33.0 Å². The number of aromatic nitrogens is 4. The van der Waals surface area contributed by atoms with Crippen molar-refractivity contribution in [3.63, 3.8) is 0 Å². The number of H-pyrrole nitrogens is 1. The van der Waals surface area contributed by atoms with E-state index in [1.807, 2.05) is 42.6 Å². The van der Waals surface area contributed by atoms with Gasteiger partial charge in [-0.3, -0.25) is 4.79 Å². The van der Waals surface area contributed by atoms with Crippen LogP contribution in [0.3, 0.4) is 0 Å². The molecule has 7 heteroatoms. The third kappa shape index (κ3) is 3.14. The van der Waals surface area contributed by atoms with Crippen LogP contribution >= 0.6 is 0 Å². The second kappa shape index (κ2) is 6.72. The summed E-state index contributed by atoms with van der Waals surface area (Å²) in [5, 5.41) is 13.8. The summed E-state index contributed by atoms with van der Waals surface area (Å²) in [6, 6.07) is 15.8. The topological polar surface area (TPSA) is 84.8 Å². The van der Waals surface area contributed by atoms with Crippen molar-refractivity contribution in [3.05, 3.63) is 72.2 Å². The molecule has 2 heterocycles. The molecule has 0 saturated heterocycles. The van der Waals surface area contributed by atoms with Crippen molar-refractivity contribution in [3.8, 4) is 5.75 Å². The van der Waals surface area contributed by atoms with Crippen LogP contribution in [0.4, 0.5) is 5.69 Å². The van der Waals surface area contributed by atoms with E-state index in [0.29, 0.717) is 12.2 Å². The van der Waals surface area contributed by atoms with Gasteiger partial charge >= 0.3 is 0 Å². The fourth-order valence-electron chi connectivity index (χ4n) is 2.87. The number of fused-ring (bicyclic) bond motifs is 1. The number of hydrogen-bond acceptors (Lipinski definition) is 4. The number of nitrogens with zero attached hydrogens (tertiary/aromatic N) is 3. The number of nitrogens with one attached hydrogen (secondary N) is 2. The van der Waals surface area contributed by atoms with Crippen LogP contribution in [0.1, 0.15) is 16.1 Å². The Morgan fingerprint density at radius 2 is 2.15 bits per heavy atom. The lowest BCUT2D eigenvalue weighted by Gasteiger charge is -2.09. The monoisotopic (exact) mass is 347 g/mol. The molecule has 0 unspecified atom stereocenters. The number of carbonyl (C=O) groups is 1. The van der Waals surface area contributed by atoms with Gasteiger partial charge in [-0.15, -0.1) is 0 Å². The molecule has 0 aliphatic carbocycles. The van der Waals surface area contributed by atoms with Crippen molar-refractivity contribution in [2.45, 2.75) is 6.54 Å². The number of amides is 1. The molecule has 0 atom stereocenters. The molecule has 0 radical (unpaired) electrons. The van der Waals surface area contributed by atoms with Crippen LogP contribution in [0.15, 0.2) is 60.9 Å². The molecule has 1 amide bonds. The van der Waals surface area contributed by atoms with Crippen molar-refractivity contribution in [2.24, 2.45) is 0 Å². The lowest BCUT2D eigenvalue weighted by molar-refractivity contribution is 0.102. The Bertz CT molecular complexity index is 1050. The van der Waals surface area contributed by atoms with Gasteiger partial charge in [-0.1, -0.05) is 18.2 Å². The molecule has 0 bridgehead atoms. The van der Waals surface area contributed by atoms with Crippen molar-refractivity contribution in [1.82, 2.24) is 20.0 Å². The predicted octanol–water partition coefficient (Wildman–Crippen LogP) is 3.07. The first-order valence-corrected chi connectivity index (χ1v) is 8.12. The fourth-order valence-corrected chi connectivity index (χ4v) is 2.87. The van der Waals surface area contributed by atoms with Crippen molar-refractivity contribution < 1.29 is 9.53 Å². The third-order valence-electron chi connectivity index (χ3n) is 4.17. The number of anilines is 1. The molecular formula is C19H17N5O2. The summed E-state index contributed by atoms with van der Waals surface area (Å²) in [6.45, 7) is 0.710. The minimum absolute atomic E-state index is 0.247. The first-order chi connectivity index (χ1) is 12.7. The second-order valence-electron chi connectivity index (χ2n) is 5.88. The van der Waals surface area contributed by atoms with Crippen LogP contribution in [-0.2, 0) is 6.54 Å². The zero-order valence-corrected chi connectivity index (χ0v) is 14.1. The SMILES string of the molecule is COc1cccc(Cn2ccc3ccc(NC(=O)c4cn[nH]n4)cc32)c1. The number of methoxy groups -OCH3 is 1. The minimum atomic E-state index is -0.302. The van der Waals surface area contributed by atoms with Gasteiger partial charge in [-0.2, -0.15) is 15.4 Å². The Morgan fingerprint density at radius 1 is 1.23 bits per heavy atom. The average Bonchev–Trinajstić information content (AvgIpc) is 3.32. The molecule has 0 aliphatic rings. The highest BCUT2D eigenvalue weighted by Gasteiger charge is 2.10. The number of rotatable bonds is 5. The maximum atomic E-state index is 12.1. The highest BCUT2D eigenvalue weighted by molar-refractivity contribution is 6.03. The molecule has 2 aromatic heterocycles. The van der Waals surface area contributed by atoms with Crippen LogP contribution in [0.5, 0.6) is 5.75 Å². The van der Waals surface area contributed by atoms with Crippen LogP contribution in [0.2, 0.25) is 0 Å². The van der Waals surface area contributed by atoms with E-state index in [-0.39, 0.29) is 11.6 Å². The number of ether oxygens (including phenoxy) is 1. The molecular weight excluding hydrogens is 330 g/mol. The standard InChI is InChI=1S/C19H17N5O2/c1-26-16-4-2-3-13(9-16)12-24-8-7-14-5-6-15(10-18(14)24)21-19(25)17-11-20-23-22-17/h2-11H,12H2,1H3,(H,21,25)(H,20,22,23). The third-order valence-corrected chi connectivity index (χ3v) is 4.17. The molecule has 4 aromatic rings. The van der Waals surface area contributed by atoms with Gasteiger partial charge in [0.05, 0.1) is 18.8 Å². The van der Waals surface area contributed by atoms with Gasteiger partial charge in [0, 0.05) is 18.4 Å². The molecule has 130 valence electrons. The van der Waals surface area contributed by atoms with Gasteiger partial charge < -0.3 is 14.6 Å². The number of carbonyl (C=O) groups excluding carboxylic acids is 1. The maximum Gasteiger partial charge on any atom is 0.277 e. The molecule has 0 aliphatic heterocycles.